The van der Waals surface area contributed by atoms with Gasteiger partial charge < -0.3 is 10.4 Å². The van der Waals surface area contributed by atoms with Crippen LogP contribution >= 0.6 is 11.3 Å². The first-order valence-electron chi connectivity index (χ1n) is 3.46. The minimum absolute atomic E-state index is 0.548. The number of nitrogens with one attached hydrogen (secondary N) is 1. The molecule has 1 aromatic rings. The largest absolute Gasteiger partial charge is 0.478 e. The molecule has 0 saturated heterocycles. The number of hydrogen-bond acceptors (Lipinski definition) is 3. The number of anilines is 1. The number of carboxylic acids is 1. The van der Waals surface area contributed by atoms with Crippen molar-refractivity contribution < 1.29 is 9.90 Å². The summed E-state index contributed by atoms with van der Waals surface area (Å²) in [5.41, 5.74) is 0. The molecule has 12 heavy (non-hydrogen) atoms. The van der Waals surface area contributed by atoms with E-state index in [1.54, 1.807) is 17.4 Å². The summed E-state index contributed by atoms with van der Waals surface area (Å²) in [6, 6.07) is 3.88. The molecule has 0 spiro atoms. The fraction of sp³-hybridized carbons (Fsp3) is 0.125. The van der Waals surface area contributed by atoms with Gasteiger partial charge in [0, 0.05) is 12.6 Å². The van der Waals surface area contributed by atoms with Crippen LogP contribution in [0.4, 0.5) is 5.00 Å². The predicted molar refractivity (Wildman–Crippen MR) is 49.6 cm³/mol. The standard InChI is InChI=1S/C8H9NO2S/c10-8(11)4-1-5-9-7-3-2-6-12-7/h1-4,6,9H,5H2,(H,10,11)/b4-1+. The molecule has 2 N–H and O–H groups in total. The lowest BCUT2D eigenvalue weighted by Crippen LogP contribution is -1.97. The average Bonchev–Trinajstić information content (AvgIpc) is 2.49. The molecule has 1 rings (SSSR count). The number of rotatable bonds is 4. The third kappa shape index (κ3) is 3.21. The topological polar surface area (TPSA) is 49.3 Å². The molecular weight excluding hydrogens is 174 g/mol. The summed E-state index contributed by atoms with van der Waals surface area (Å²) in [7, 11) is 0. The number of hydrogen-bond donors (Lipinski definition) is 2. The van der Waals surface area contributed by atoms with Crippen LogP contribution in [0.2, 0.25) is 0 Å². The molecule has 0 bridgehead atoms. The summed E-state index contributed by atoms with van der Waals surface area (Å²) in [4.78, 5) is 10.0. The Labute approximate surface area is 74.3 Å². The zero-order valence-electron chi connectivity index (χ0n) is 6.36. The van der Waals surface area contributed by atoms with Crippen molar-refractivity contribution in [1.82, 2.24) is 0 Å². The highest BCUT2D eigenvalue weighted by molar-refractivity contribution is 7.14. The van der Waals surface area contributed by atoms with E-state index >= 15 is 0 Å². The Hall–Kier alpha value is -1.29. The molecule has 0 radical (unpaired) electrons. The molecule has 0 fully saturated rings. The van der Waals surface area contributed by atoms with E-state index in [2.05, 4.69) is 5.32 Å². The molecule has 0 amide bonds. The molecule has 0 aliphatic heterocycles. The number of aliphatic carboxylic acids is 1. The van der Waals surface area contributed by atoms with Crippen LogP contribution in [0, 0.1) is 0 Å². The van der Waals surface area contributed by atoms with Gasteiger partial charge in [-0.05, 0) is 17.5 Å². The van der Waals surface area contributed by atoms with Crippen LogP contribution in [0.3, 0.4) is 0 Å². The van der Waals surface area contributed by atoms with E-state index in [9.17, 15) is 4.79 Å². The second-order valence-corrected chi connectivity index (χ2v) is 3.05. The molecule has 0 aliphatic carbocycles. The Morgan fingerprint density at radius 3 is 3.17 bits per heavy atom. The van der Waals surface area contributed by atoms with Crippen LogP contribution in [-0.4, -0.2) is 17.6 Å². The fourth-order valence-corrected chi connectivity index (χ4v) is 1.33. The van der Waals surface area contributed by atoms with Crippen LogP contribution < -0.4 is 5.32 Å². The van der Waals surface area contributed by atoms with Crippen LogP contribution in [0.1, 0.15) is 0 Å². The van der Waals surface area contributed by atoms with Gasteiger partial charge in [0.2, 0.25) is 0 Å². The minimum Gasteiger partial charge on any atom is -0.478 e. The second kappa shape index (κ2) is 4.56. The first kappa shape index (κ1) is 8.80. The summed E-state index contributed by atoms with van der Waals surface area (Å²) in [5, 5.41) is 14.3. The Bertz CT molecular complexity index is 267. The predicted octanol–water partition coefficient (Wildman–Crippen LogP) is 1.80. The van der Waals surface area contributed by atoms with Crippen LogP contribution in [-0.2, 0) is 4.79 Å². The molecule has 0 aliphatic rings. The van der Waals surface area contributed by atoms with Gasteiger partial charge in [-0.3, -0.25) is 0 Å². The molecule has 0 aromatic carbocycles. The first-order valence-corrected chi connectivity index (χ1v) is 4.34. The van der Waals surface area contributed by atoms with E-state index in [4.69, 9.17) is 5.11 Å². The Morgan fingerprint density at radius 1 is 1.75 bits per heavy atom. The van der Waals surface area contributed by atoms with E-state index in [1.807, 2.05) is 17.5 Å². The Morgan fingerprint density at radius 2 is 2.58 bits per heavy atom. The van der Waals surface area contributed by atoms with E-state index in [0.29, 0.717) is 6.54 Å². The molecule has 3 nitrogen and oxygen atoms in total. The molecule has 0 saturated carbocycles. The zero-order chi connectivity index (χ0) is 8.81. The van der Waals surface area contributed by atoms with Crippen LogP contribution in [0.25, 0.3) is 0 Å². The number of carbonyl (C=O) groups is 1. The highest BCUT2D eigenvalue weighted by Gasteiger charge is 1.88. The lowest BCUT2D eigenvalue weighted by Gasteiger charge is -1.95. The maximum absolute atomic E-state index is 10.0. The van der Waals surface area contributed by atoms with Crippen molar-refractivity contribution in [2.45, 2.75) is 0 Å². The van der Waals surface area contributed by atoms with Gasteiger partial charge in [0.15, 0.2) is 0 Å². The smallest absolute Gasteiger partial charge is 0.328 e. The van der Waals surface area contributed by atoms with E-state index in [1.165, 1.54) is 0 Å². The fourth-order valence-electron chi connectivity index (χ4n) is 0.698. The van der Waals surface area contributed by atoms with E-state index < -0.39 is 5.97 Å². The van der Waals surface area contributed by atoms with Gasteiger partial charge in [0.05, 0.1) is 5.00 Å². The number of carboxylic acid groups (broad SMARTS) is 1. The maximum Gasteiger partial charge on any atom is 0.328 e. The third-order valence-electron chi connectivity index (χ3n) is 1.18. The third-order valence-corrected chi connectivity index (χ3v) is 2.00. The van der Waals surface area contributed by atoms with Gasteiger partial charge in [-0.15, -0.1) is 11.3 Å². The molecule has 1 aromatic heterocycles. The molecule has 64 valence electrons. The van der Waals surface area contributed by atoms with Crippen molar-refractivity contribution in [2.75, 3.05) is 11.9 Å². The van der Waals surface area contributed by atoms with Crippen LogP contribution in [0.15, 0.2) is 29.7 Å². The number of thiophene rings is 1. The Balaban J connectivity index is 2.23. The SMILES string of the molecule is O=C(O)/C=C/CNc1cccs1. The maximum atomic E-state index is 10.0. The lowest BCUT2D eigenvalue weighted by atomic mass is 10.5. The van der Waals surface area contributed by atoms with Gasteiger partial charge >= 0.3 is 5.97 Å². The van der Waals surface area contributed by atoms with Crippen molar-refractivity contribution in [1.29, 1.82) is 0 Å². The van der Waals surface area contributed by atoms with Crippen molar-refractivity contribution in [3.63, 3.8) is 0 Å². The minimum atomic E-state index is -0.914. The van der Waals surface area contributed by atoms with Gasteiger partial charge in [0.25, 0.3) is 0 Å². The van der Waals surface area contributed by atoms with Crippen molar-refractivity contribution in [3.05, 3.63) is 29.7 Å². The summed E-state index contributed by atoms with van der Waals surface area (Å²) < 4.78 is 0. The van der Waals surface area contributed by atoms with E-state index in [-0.39, 0.29) is 0 Å². The molecule has 0 unspecified atom stereocenters. The monoisotopic (exact) mass is 183 g/mol. The highest BCUT2D eigenvalue weighted by atomic mass is 32.1. The highest BCUT2D eigenvalue weighted by Crippen LogP contribution is 2.13. The van der Waals surface area contributed by atoms with Crippen molar-refractivity contribution >= 4 is 22.3 Å². The Kier molecular flexibility index (Phi) is 3.35. The molecule has 0 atom stereocenters. The van der Waals surface area contributed by atoms with Gasteiger partial charge in [-0.2, -0.15) is 0 Å². The zero-order valence-corrected chi connectivity index (χ0v) is 7.17. The van der Waals surface area contributed by atoms with Crippen molar-refractivity contribution in [2.24, 2.45) is 0 Å². The second-order valence-electron chi connectivity index (χ2n) is 2.10. The summed E-state index contributed by atoms with van der Waals surface area (Å²) in [5.74, 6) is -0.914. The van der Waals surface area contributed by atoms with Crippen LogP contribution in [0.5, 0.6) is 0 Å². The van der Waals surface area contributed by atoms with Gasteiger partial charge in [0.1, 0.15) is 0 Å². The molecular formula is C8H9NO2S. The van der Waals surface area contributed by atoms with E-state index in [0.717, 1.165) is 11.1 Å². The summed E-state index contributed by atoms with van der Waals surface area (Å²) >= 11 is 1.59. The quantitative estimate of drug-likeness (QED) is 0.700. The summed E-state index contributed by atoms with van der Waals surface area (Å²) in [6.07, 6.45) is 2.70. The summed E-state index contributed by atoms with van der Waals surface area (Å²) in [6.45, 7) is 0.548. The molecule has 1 heterocycles. The lowest BCUT2D eigenvalue weighted by molar-refractivity contribution is -0.131. The normalized spacial score (nSPS) is 10.3. The van der Waals surface area contributed by atoms with Gasteiger partial charge in [-0.25, -0.2) is 4.79 Å². The van der Waals surface area contributed by atoms with Gasteiger partial charge in [-0.1, -0.05) is 6.08 Å². The average molecular weight is 183 g/mol. The van der Waals surface area contributed by atoms with Crippen molar-refractivity contribution in [3.8, 4) is 0 Å². The first-order chi connectivity index (χ1) is 5.79. The molecule has 4 heteroatoms.